The average Bonchev–Trinajstić information content (AvgIpc) is 2.83. The van der Waals surface area contributed by atoms with Crippen LogP contribution in [0.2, 0.25) is 0 Å². The largest absolute Gasteiger partial charge is 0.333 e. The third kappa shape index (κ3) is 2.37. The zero-order chi connectivity index (χ0) is 13.2. The first-order chi connectivity index (χ1) is 9.26. The normalized spacial score (nSPS) is 10.8. The highest BCUT2D eigenvalue weighted by Gasteiger charge is 2.08. The van der Waals surface area contributed by atoms with Gasteiger partial charge in [0.15, 0.2) is 5.16 Å². The van der Waals surface area contributed by atoms with Crippen molar-refractivity contribution < 1.29 is 9.18 Å². The van der Waals surface area contributed by atoms with Crippen molar-refractivity contribution in [3.05, 3.63) is 53.8 Å². The molecule has 0 aliphatic carbocycles. The molecule has 3 nitrogen and oxygen atoms in total. The first-order valence-corrected chi connectivity index (χ1v) is 6.45. The maximum absolute atomic E-state index is 13.8. The minimum atomic E-state index is -0.421. The Balaban J connectivity index is 1.94. The Morgan fingerprint density at radius 3 is 2.79 bits per heavy atom. The average molecular weight is 272 g/mol. The van der Waals surface area contributed by atoms with E-state index >= 15 is 0 Å². The first-order valence-electron chi connectivity index (χ1n) is 5.63. The van der Waals surface area contributed by atoms with Crippen molar-refractivity contribution in [3.8, 4) is 0 Å². The van der Waals surface area contributed by atoms with E-state index in [9.17, 15) is 9.18 Å². The van der Waals surface area contributed by atoms with Crippen molar-refractivity contribution >= 4 is 29.1 Å². The summed E-state index contributed by atoms with van der Waals surface area (Å²) in [4.78, 5) is 18.5. The molecule has 2 aromatic carbocycles. The summed E-state index contributed by atoms with van der Waals surface area (Å²) < 4.78 is 13.8. The predicted molar refractivity (Wildman–Crippen MR) is 72.0 cm³/mol. The van der Waals surface area contributed by atoms with Crippen molar-refractivity contribution in [2.24, 2.45) is 0 Å². The number of benzene rings is 2. The van der Waals surface area contributed by atoms with Crippen molar-refractivity contribution in [2.45, 2.75) is 10.1 Å². The lowest BCUT2D eigenvalue weighted by molar-refractivity contribution is 0.112. The number of fused-ring (bicyclic) bond motifs is 1. The molecule has 1 aromatic heterocycles. The van der Waals surface area contributed by atoms with Crippen LogP contribution in [0.3, 0.4) is 0 Å². The topological polar surface area (TPSA) is 45.8 Å². The van der Waals surface area contributed by atoms with Gasteiger partial charge in [-0.2, -0.15) is 0 Å². The maximum atomic E-state index is 13.8. The van der Waals surface area contributed by atoms with Gasteiger partial charge in [-0.1, -0.05) is 18.2 Å². The molecule has 0 saturated carbocycles. The summed E-state index contributed by atoms with van der Waals surface area (Å²) >= 11 is 1.20. The van der Waals surface area contributed by atoms with Crippen LogP contribution in [0.15, 0.2) is 52.5 Å². The summed E-state index contributed by atoms with van der Waals surface area (Å²) in [6.07, 6.45) is 0.624. The number of para-hydroxylation sites is 2. The third-order valence-electron chi connectivity index (χ3n) is 2.67. The van der Waals surface area contributed by atoms with Crippen LogP contribution < -0.4 is 0 Å². The van der Waals surface area contributed by atoms with Crippen LogP contribution in [0.5, 0.6) is 0 Å². The molecule has 1 N–H and O–H groups in total. The summed E-state index contributed by atoms with van der Waals surface area (Å²) in [6.45, 7) is 0. The third-order valence-corrected chi connectivity index (χ3v) is 3.60. The van der Waals surface area contributed by atoms with E-state index in [0.29, 0.717) is 21.9 Å². The van der Waals surface area contributed by atoms with Gasteiger partial charge in [-0.3, -0.25) is 4.79 Å². The van der Waals surface area contributed by atoms with Gasteiger partial charge in [0.1, 0.15) is 12.1 Å². The van der Waals surface area contributed by atoms with Gasteiger partial charge in [0.2, 0.25) is 0 Å². The van der Waals surface area contributed by atoms with E-state index in [1.165, 1.54) is 17.8 Å². The highest BCUT2D eigenvalue weighted by molar-refractivity contribution is 7.99. The molecule has 94 valence electrons. The highest BCUT2D eigenvalue weighted by Crippen LogP contribution is 2.29. The highest BCUT2D eigenvalue weighted by atomic mass is 32.2. The first kappa shape index (κ1) is 11.9. The zero-order valence-corrected chi connectivity index (χ0v) is 10.6. The predicted octanol–water partition coefficient (Wildman–Crippen LogP) is 3.67. The van der Waals surface area contributed by atoms with Crippen LogP contribution in [0, 0.1) is 5.82 Å². The quantitative estimate of drug-likeness (QED) is 0.740. The molecule has 3 aromatic rings. The van der Waals surface area contributed by atoms with Gasteiger partial charge in [-0.05, 0) is 36.0 Å². The molecular weight excluding hydrogens is 263 g/mol. The van der Waals surface area contributed by atoms with Gasteiger partial charge in [-0.25, -0.2) is 9.37 Å². The summed E-state index contributed by atoms with van der Waals surface area (Å²) in [5, 5.41) is 0.624. The second-order valence-electron chi connectivity index (χ2n) is 3.97. The number of H-pyrrole nitrogens is 1. The van der Waals surface area contributed by atoms with Crippen molar-refractivity contribution in [1.29, 1.82) is 0 Å². The number of carbonyl (C=O) groups is 1. The van der Waals surface area contributed by atoms with Crippen LogP contribution in [0.1, 0.15) is 10.4 Å². The number of aromatic nitrogens is 2. The fourth-order valence-corrected chi connectivity index (χ4v) is 2.56. The number of halogens is 1. The van der Waals surface area contributed by atoms with E-state index in [-0.39, 0.29) is 0 Å². The molecule has 0 aliphatic rings. The van der Waals surface area contributed by atoms with E-state index in [1.54, 1.807) is 12.1 Å². The van der Waals surface area contributed by atoms with Crippen molar-refractivity contribution in [3.63, 3.8) is 0 Å². The molecule has 19 heavy (non-hydrogen) atoms. The number of imidazole rings is 1. The molecule has 3 rings (SSSR count). The van der Waals surface area contributed by atoms with Crippen molar-refractivity contribution in [1.82, 2.24) is 9.97 Å². The van der Waals surface area contributed by atoms with Gasteiger partial charge in [-0.15, -0.1) is 0 Å². The Bertz CT molecular complexity index is 721. The molecule has 0 aliphatic heterocycles. The summed E-state index contributed by atoms with van der Waals surface area (Å²) in [7, 11) is 0. The Morgan fingerprint density at radius 1 is 1.21 bits per heavy atom. The number of hydrogen-bond acceptors (Lipinski definition) is 3. The molecule has 0 unspecified atom stereocenters. The molecule has 0 atom stereocenters. The second-order valence-corrected chi connectivity index (χ2v) is 5.00. The second kappa shape index (κ2) is 4.85. The SMILES string of the molecule is O=Cc1ccc(Sc2nc3ccccc3[nH]2)c(F)c1. The molecule has 0 amide bonds. The van der Waals surface area contributed by atoms with Crippen molar-refractivity contribution in [2.75, 3.05) is 0 Å². The molecule has 5 heteroatoms. The minimum absolute atomic E-state index is 0.325. The standard InChI is InChI=1S/C14H9FN2OS/c15-10-7-9(8-18)5-6-13(10)19-14-16-11-3-1-2-4-12(11)17-14/h1-8H,(H,16,17). The van der Waals surface area contributed by atoms with Crippen LogP contribution in [-0.4, -0.2) is 16.3 Å². The lowest BCUT2D eigenvalue weighted by Gasteiger charge is -2.00. The van der Waals surface area contributed by atoms with E-state index in [4.69, 9.17) is 0 Å². The van der Waals surface area contributed by atoms with Crippen LogP contribution >= 0.6 is 11.8 Å². The van der Waals surface area contributed by atoms with E-state index in [2.05, 4.69) is 9.97 Å². The number of aldehydes is 1. The molecule has 1 heterocycles. The minimum Gasteiger partial charge on any atom is -0.333 e. The van der Waals surface area contributed by atoms with E-state index < -0.39 is 5.82 Å². The number of aromatic amines is 1. The number of nitrogens with zero attached hydrogens (tertiary/aromatic N) is 1. The maximum Gasteiger partial charge on any atom is 0.171 e. The molecule has 0 spiro atoms. The van der Waals surface area contributed by atoms with Gasteiger partial charge in [0.25, 0.3) is 0 Å². The van der Waals surface area contributed by atoms with Crippen LogP contribution in [0.25, 0.3) is 11.0 Å². The summed E-state index contributed by atoms with van der Waals surface area (Å²) in [5.74, 6) is -0.421. The molecular formula is C14H9FN2OS. The van der Waals surface area contributed by atoms with Gasteiger partial charge in [0, 0.05) is 5.56 Å². The molecule has 0 bridgehead atoms. The fraction of sp³-hybridized carbons (Fsp3) is 0. The number of nitrogens with one attached hydrogen (secondary N) is 1. The van der Waals surface area contributed by atoms with E-state index in [1.807, 2.05) is 24.3 Å². The monoisotopic (exact) mass is 272 g/mol. The number of carbonyl (C=O) groups excluding carboxylic acids is 1. The lowest BCUT2D eigenvalue weighted by atomic mass is 10.2. The number of rotatable bonds is 3. The Labute approximate surface area is 112 Å². The molecule has 0 fully saturated rings. The van der Waals surface area contributed by atoms with Gasteiger partial charge >= 0.3 is 0 Å². The Morgan fingerprint density at radius 2 is 2.05 bits per heavy atom. The smallest absolute Gasteiger partial charge is 0.171 e. The van der Waals surface area contributed by atoms with Crippen LogP contribution in [-0.2, 0) is 0 Å². The lowest BCUT2D eigenvalue weighted by Crippen LogP contribution is -1.86. The zero-order valence-electron chi connectivity index (χ0n) is 9.76. The van der Waals surface area contributed by atoms with E-state index in [0.717, 1.165) is 11.0 Å². The summed E-state index contributed by atoms with van der Waals surface area (Å²) in [5.41, 5.74) is 2.08. The van der Waals surface area contributed by atoms with Gasteiger partial charge < -0.3 is 4.98 Å². The summed E-state index contributed by atoms with van der Waals surface area (Å²) in [6, 6.07) is 12.0. The molecule has 0 radical (unpaired) electrons. The number of hydrogen-bond donors (Lipinski definition) is 1. The molecule has 0 saturated heterocycles. The van der Waals surface area contributed by atoms with Gasteiger partial charge in [0.05, 0.1) is 15.9 Å². The Hall–Kier alpha value is -2.14. The fourth-order valence-electron chi connectivity index (χ4n) is 1.76. The Kier molecular flexibility index (Phi) is 3.05. The van der Waals surface area contributed by atoms with Crippen LogP contribution in [0.4, 0.5) is 4.39 Å².